The molecule has 3 N–H and O–H groups in total. The molecule has 0 bridgehead atoms. The van der Waals surface area contributed by atoms with E-state index in [1.807, 2.05) is 59.2 Å². The molecular weight excluding hydrogens is 514 g/mol. The van der Waals surface area contributed by atoms with Crippen molar-refractivity contribution < 1.29 is 19.5 Å². The van der Waals surface area contributed by atoms with E-state index in [0.717, 1.165) is 27.3 Å². The Morgan fingerprint density at radius 1 is 1.23 bits per heavy atom. The van der Waals surface area contributed by atoms with Crippen LogP contribution in [0.5, 0.6) is 0 Å². The highest BCUT2D eigenvalue weighted by atomic mass is 32.1. The highest BCUT2D eigenvalue weighted by molar-refractivity contribution is 7.13. The second-order valence-corrected chi connectivity index (χ2v) is 12.7. The van der Waals surface area contributed by atoms with Crippen molar-refractivity contribution in [1.29, 1.82) is 0 Å². The van der Waals surface area contributed by atoms with Crippen molar-refractivity contribution >= 4 is 29.1 Å². The SMILES string of the molecule is [C-]#[N+]C1(C(=O)N[C@H](C(=O)N2C[C@H](O)CC2C(=O)N[C@@H](C)c2ccc(-c3scnc3C)cc2C)C(C)(C)C)CC1. The maximum absolute atomic E-state index is 13.7. The molecule has 9 nitrogen and oxygen atoms in total. The van der Waals surface area contributed by atoms with Crippen LogP contribution >= 0.6 is 11.3 Å². The largest absolute Gasteiger partial charge is 0.391 e. The van der Waals surface area contributed by atoms with Crippen molar-refractivity contribution in [2.24, 2.45) is 5.41 Å². The first-order valence-electron chi connectivity index (χ1n) is 13.3. The Kier molecular flexibility index (Phi) is 7.88. The van der Waals surface area contributed by atoms with Crippen LogP contribution in [0.25, 0.3) is 15.3 Å². The lowest BCUT2D eigenvalue weighted by molar-refractivity contribution is -0.144. The Labute approximate surface area is 233 Å². The molecule has 1 aromatic carbocycles. The van der Waals surface area contributed by atoms with Crippen molar-refractivity contribution in [2.45, 2.75) is 90.6 Å². The summed E-state index contributed by atoms with van der Waals surface area (Å²) in [5.74, 6) is -1.23. The van der Waals surface area contributed by atoms with Crippen LogP contribution in [0.2, 0.25) is 0 Å². The molecule has 2 aliphatic rings. The normalized spacial score (nSPS) is 21.5. The van der Waals surface area contributed by atoms with Crippen LogP contribution in [0.1, 0.15) is 69.8 Å². The number of thiazole rings is 1. The summed E-state index contributed by atoms with van der Waals surface area (Å²) in [6, 6.07) is 3.97. The summed E-state index contributed by atoms with van der Waals surface area (Å²) in [5, 5.41) is 16.3. The minimum atomic E-state index is -1.09. The van der Waals surface area contributed by atoms with Gasteiger partial charge in [-0.2, -0.15) is 0 Å². The zero-order valence-electron chi connectivity index (χ0n) is 23.4. The van der Waals surface area contributed by atoms with E-state index in [9.17, 15) is 19.5 Å². The highest BCUT2D eigenvalue weighted by Crippen LogP contribution is 2.40. The Morgan fingerprint density at radius 2 is 1.92 bits per heavy atom. The molecule has 1 saturated heterocycles. The Morgan fingerprint density at radius 3 is 2.46 bits per heavy atom. The van der Waals surface area contributed by atoms with Gasteiger partial charge >= 0.3 is 11.4 Å². The number of nitrogens with one attached hydrogen (secondary N) is 2. The van der Waals surface area contributed by atoms with Gasteiger partial charge in [0.25, 0.3) is 0 Å². The summed E-state index contributed by atoms with van der Waals surface area (Å²) < 4.78 is 0. The quantitative estimate of drug-likeness (QED) is 0.455. The molecular formula is C29H37N5O4S. The van der Waals surface area contributed by atoms with Gasteiger partial charge < -0.3 is 20.6 Å². The molecule has 4 rings (SSSR count). The highest BCUT2D eigenvalue weighted by Gasteiger charge is 2.59. The van der Waals surface area contributed by atoms with E-state index in [1.165, 1.54) is 4.90 Å². The first kappa shape index (κ1) is 28.7. The lowest BCUT2D eigenvalue weighted by Gasteiger charge is -2.35. The average Bonchev–Trinajstić information content (AvgIpc) is 3.40. The molecule has 1 unspecified atom stereocenters. The third kappa shape index (κ3) is 5.85. The molecule has 4 atom stereocenters. The number of carbonyl (C=O) groups excluding carboxylic acids is 3. The van der Waals surface area contributed by atoms with Gasteiger partial charge in [-0.3, -0.25) is 19.2 Å². The number of aryl methyl sites for hydroxylation is 2. The monoisotopic (exact) mass is 551 g/mol. The molecule has 3 amide bonds. The molecule has 1 saturated carbocycles. The van der Waals surface area contributed by atoms with Crippen LogP contribution in [-0.4, -0.2) is 63.0 Å². The summed E-state index contributed by atoms with van der Waals surface area (Å²) >= 11 is 1.59. The number of likely N-dealkylation sites (tertiary alicyclic amines) is 1. The summed E-state index contributed by atoms with van der Waals surface area (Å²) in [5.41, 5.74) is 4.10. The predicted octanol–water partition coefficient (Wildman–Crippen LogP) is 3.55. The fourth-order valence-corrected chi connectivity index (χ4v) is 5.97. The average molecular weight is 552 g/mol. The Hall–Kier alpha value is -3.29. The van der Waals surface area contributed by atoms with E-state index in [2.05, 4.69) is 26.5 Å². The van der Waals surface area contributed by atoms with E-state index >= 15 is 0 Å². The molecule has 1 aliphatic carbocycles. The maximum atomic E-state index is 13.7. The molecule has 0 spiro atoms. The number of rotatable bonds is 7. The Bertz CT molecular complexity index is 1320. The fraction of sp³-hybridized carbons (Fsp3) is 0.552. The van der Waals surface area contributed by atoms with Crippen LogP contribution in [-0.2, 0) is 14.4 Å². The number of aliphatic hydroxyl groups excluding tert-OH is 1. The van der Waals surface area contributed by atoms with Crippen molar-refractivity contribution in [3.63, 3.8) is 0 Å². The van der Waals surface area contributed by atoms with Crippen LogP contribution in [0, 0.1) is 25.8 Å². The molecule has 1 aliphatic heterocycles. The number of β-amino-alcohol motifs (C(OH)–C–C–N with tert-alkyl or cyclic N) is 1. The molecule has 2 heterocycles. The number of aromatic nitrogens is 1. The Balaban J connectivity index is 1.49. The minimum Gasteiger partial charge on any atom is -0.391 e. The van der Waals surface area contributed by atoms with Gasteiger partial charge in [-0.05, 0) is 42.9 Å². The van der Waals surface area contributed by atoms with E-state index < -0.39 is 41.0 Å². The first-order chi connectivity index (χ1) is 18.3. The fourth-order valence-electron chi connectivity index (χ4n) is 5.16. The van der Waals surface area contributed by atoms with Crippen LogP contribution < -0.4 is 10.6 Å². The smallest absolute Gasteiger partial charge is 0.309 e. The molecule has 2 fully saturated rings. The molecule has 208 valence electrons. The summed E-state index contributed by atoms with van der Waals surface area (Å²) in [6.45, 7) is 18.7. The maximum Gasteiger partial charge on any atom is 0.309 e. The van der Waals surface area contributed by atoms with Gasteiger partial charge in [0, 0.05) is 25.8 Å². The van der Waals surface area contributed by atoms with Crippen molar-refractivity contribution in [1.82, 2.24) is 20.5 Å². The van der Waals surface area contributed by atoms with Crippen molar-refractivity contribution in [3.8, 4) is 10.4 Å². The summed E-state index contributed by atoms with van der Waals surface area (Å²) in [4.78, 5) is 50.3. The summed E-state index contributed by atoms with van der Waals surface area (Å²) in [7, 11) is 0. The van der Waals surface area contributed by atoms with Crippen molar-refractivity contribution in [3.05, 3.63) is 51.9 Å². The number of benzene rings is 1. The number of aliphatic hydroxyl groups is 1. The van der Waals surface area contributed by atoms with E-state index in [1.54, 1.807) is 11.3 Å². The van der Waals surface area contributed by atoms with Crippen LogP contribution in [0.3, 0.4) is 0 Å². The zero-order chi connectivity index (χ0) is 28.7. The van der Waals surface area contributed by atoms with E-state index in [-0.39, 0.29) is 24.9 Å². The van der Waals surface area contributed by atoms with Gasteiger partial charge in [-0.1, -0.05) is 39.0 Å². The number of amides is 3. The molecule has 39 heavy (non-hydrogen) atoms. The topological polar surface area (TPSA) is 116 Å². The molecule has 10 heteroatoms. The second kappa shape index (κ2) is 10.7. The van der Waals surface area contributed by atoms with Gasteiger partial charge in [0.05, 0.1) is 28.2 Å². The van der Waals surface area contributed by atoms with Gasteiger partial charge in [-0.25, -0.2) is 11.6 Å². The zero-order valence-corrected chi connectivity index (χ0v) is 24.2. The summed E-state index contributed by atoms with van der Waals surface area (Å²) in [6.07, 6.45) is 0.216. The first-order valence-corrected chi connectivity index (χ1v) is 14.1. The third-order valence-corrected chi connectivity index (χ3v) is 8.69. The second-order valence-electron chi connectivity index (χ2n) is 11.9. The van der Waals surface area contributed by atoms with E-state index in [0.29, 0.717) is 12.8 Å². The molecule has 0 radical (unpaired) electrons. The van der Waals surface area contributed by atoms with E-state index in [4.69, 9.17) is 6.57 Å². The lowest BCUT2D eigenvalue weighted by atomic mass is 9.85. The number of hydrogen-bond donors (Lipinski definition) is 3. The third-order valence-electron chi connectivity index (χ3n) is 7.72. The molecule has 1 aromatic heterocycles. The number of nitrogens with zero attached hydrogens (tertiary/aromatic N) is 3. The van der Waals surface area contributed by atoms with Crippen LogP contribution in [0.4, 0.5) is 0 Å². The van der Waals surface area contributed by atoms with Gasteiger partial charge in [-0.15, -0.1) is 11.3 Å². The van der Waals surface area contributed by atoms with Gasteiger partial charge in [0.1, 0.15) is 12.1 Å². The van der Waals surface area contributed by atoms with Gasteiger partial charge in [0.2, 0.25) is 11.8 Å². The number of hydrogen-bond acceptors (Lipinski definition) is 6. The lowest BCUT2D eigenvalue weighted by Crippen LogP contribution is -2.59. The van der Waals surface area contributed by atoms with Gasteiger partial charge in [0.15, 0.2) is 0 Å². The van der Waals surface area contributed by atoms with Crippen molar-refractivity contribution in [2.75, 3.05) is 6.54 Å². The van der Waals surface area contributed by atoms with Crippen LogP contribution in [0.15, 0.2) is 23.7 Å². The molecule has 2 aromatic rings. The predicted molar refractivity (Wildman–Crippen MR) is 150 cm³/mol. The number of carbonyl (C=O) groups is 3. The minimum absolute atomic E-state index is 0.00361. The standard InChI is InChI=1S/C29H37N5O4S/c1-16-12-19(23-18(3)31-15-39-23)8-9-21(16)17(2)32-25(36)22-13-20(35)14-34(22)26(37)24(28(4,5)6)33-27(38)29(30-7)10-11-29/h8-9,12,15,17,20,22,24,35H,10-11,13-14H2,1-6H3,(H,32,36)(H,33,38)/t17-,20+,22?,24+/m0/s1.